The van der Waals surface area contributed by atoms with Gasteiger partial charge in [-0.1, -0.05) is 36.0 Å². The van der Waals surface area contributed by atoms with Crippen molar-refractivity contribution >= 4 is 11.8 Å². The molecule has 0 bridgehead atoms. The fourth-order valence-corrected chi connectivity index (χ4v) is 2.00. The van der Waals surface area contributed by atoms with Gasteiger partial charge >= 0.3 is 0 Å². The molecule has 0 saturated heterocycles. The second-order valence-corrected chi connectivity index (χ2v) is 4.94. The van der Waals surface area contributed by atoms with Crippen LogP contribution in [-0.2, 0) is 6.42 Å². The zero-order valence-corrected chi connectivity index (χ0v) is 10.8. The molecular weight excluding hydrogens is 251 g/mol. The Labute approximate surface area is 109 Å². The first-order valence-electron chi connectivity index (χ1n) is 5.47. The molecule has 0 unspecified atom stereocenters. The Hall–Kier alpha value is -1.62. The average molecular weight is 264 g/mol. The first kappa shape index (κ1) is 12.8. The lowest BCUT2D eigenvalue weighted by atomic mass is 10.1. The number of aromatic nitrogens is 2. The van der Waals surface area contributed by atoms with Crippen molar-refractivity contribution in [1.29, 1.82) is 0 Å². The molecule has 0 aliphatic heterocycles. The van der Waals surface area contributed by atoms with E-state index >= 15 is 0 Å². The van der Waals surface area contributed by atoms with Gasteiger partial charge < -0.3 is 4.42 Å². The Morgan fingerprint density at radius 1 is 1.44 bits per heavy atom. The number of hydrogen-bond acceptors (Lipinski definition) is 4. The predicted octanol–water partition coefficient (Wildman–Crippen LogP) is 3.47. The molecule has 2 aromatic rings. The van der Waals surface area contributed by atoms with Crippen molar-refractivity contribution in [3.8, 4) is 0 Å². The monoisotopic (exact) mass is 264 g/mol. The summed E-state index contributed by atoms with van der Waals surface area (Å²) in [6.45, 7) is 5.74. The summed E-state index contributed by atoms with van der Waals surface area (Å²) in [5, 5.41) is 8.37. The second kappa shape index (κ2) is 5.82. The summed E-state index contributed by atoms with van der Waals surface area (Å²) >= 11 is 1.45. The summed E-state index contributed by atoms with van der Waals surface area (Å²) in [5.74, 6) is 0.982. The first-order valence-corrected chi connectivity index (χ1v) is 6.46. The van der Waals surface area contributed by atoms with Crippen LogP contribution in [0.4, 0.5) is 4.39 Å². The van der Waals surface area contributed by atoms with Crippen molar-refractivity contribution in [2.45, 2.75) is 18.6 Å². The van der Waals surface area contributed by atoms with Crippen molar-refractivity contribution in [3.05, 3.63) is 53.7 Å². The van der Waals surface area contributed by atoms with Gasteiger partial charge in [0.05, 0.1) is 6.42 Å². The van der Waals surface area contributed by atoms with Crippen molar-refractivity contribution in [1.82, 2.24) is 10.2 Å². The molecule has 94 valence electrons. The highest BCUT2D eigenvalue weighted by molar-refractivity contribution is 7.99. The fourth-order valence-electron chi connectivity index (χ4n) is 1.37. The van der Waals surface area contributed by atoms with Gasteiger partial charge in [-0.15, -0.1) is 10.2 Å². The molecule has 0 atom stereocenters. The van der Waals surface area contributed by atoms with Crippen LogP contribution in [0.2, 0.25) is 0 Å². The van der Waals surface area contributed by atoms with E-state index in [1.807, 2.05) is 13.0 Å². The Bertz CT molecular complexity index is 553. The third kappa shape index (κ3) is 3.70. The fraction of sp³-hybridized carbons (Fsp3) is 0.231. The lowest BCUT2D eigenvalue weighted by Gasteiger charge is -1.96. The molecule has 0 aliphatic carbocycles. The van der Waals surface area contributed by atoms with Crippen LogP contribution in [0.3, 0.4) is 0 Å². The van der Waals surface area contributed by atoms with Crippen LogP contribution in [0.5, 0.6) is 0 Å². The highest BCUT2D eigenvalue weighted by Gasteiger charge is 2.07. The van der Waals surface area contributed by atoms with Gasteiger partial charge in [0.1, 0.15) is 5.82 Å². The molecule has 1 heterocycles. The Balaban J connectivity index is 2.00. The third-order valence-electron chi connectivity index (χ3n) is 2.13. The Morgan fingerprint density at radius 3 is 3.00 bits per heavy atom. The van der Waals surface area contributed by atoms with Crippen molar-refractivity contribution in [2.24, 2.45) is 0 Å². The van der Waals surface area contributed by atoms with Gasteiger partial charge in [0.15, 0.2) is 0 Å². The number of nitrogens with zero attached hydrogens (tertiary/aromatic N) is 2. The molecule has 0 spiro atoms. The van der Waals surface area contributed by atoms with Gasteiger partial charge in [0.2, 0.25) is 5.89 Å². The smallest absolute Gasteiger partial charge is 0.276 e. The summed E-state index contributed by atoms with van der Waals surface area (Å²) in [5.41, 5.74) is 1.86. The maximum atomic E-state index is 13.0. The summed E-state index contributed by atoms with van der Waals surface area (Å²) in [7, 11) is 0. The van der Waals surface area contributed by atoms with Crippen LogP contribution >= 0.6 is 11.8 Å². The average Bonchev–Trinajstić information content (AvgIpc) is 2.74. The van der Waals surface area contributed by atoms with Crippen molar-refractivity contribution < 1.29 is 8.81 Å². The van der Waals surface area contributed by atoms with Crippen LogP contribution in [0.25, 0.3) is 0 Å². The molecule has 2 rings (SSSR count). The van der Waals surface area contributed by atoms with Crippen LogP contribution in [0.1, 0.15) is 18.4 Å². The van der Waals surface area contributed by atoms with E-state index in [0.717, 1.165) is 16.9 Å². The van der Waals surface area contributed by atoms with E-state index < -0.39 is 0 Å². The van der Waals surface area contributed by atoms with Crippen LogP contribution in [0.15, 0.2) is 46.1 Å². The number of rotatable bonds is 5. The molecule has 18 heavy (non-hydrogen) atoms. The van der Waals surface area contributed by atoms with Gasteiger partial charge in [-0.3, -0.25) is 0 Å². The Kier molecular flexibility index (Phi) is 4.15. The number of benzene rings is 1. The lowest BCUT2D eigenvalue weighted by Crippen LogP contribution is -1.89. The molecule has 0 saturated carbocycles. The number of thioether (sulfide) groups is 1. The molecule has 0 amide bonds. The minimum absolute atomic E-state index is 0.260. The minimum atomic E-state index is -0.260. The van der Waals surface area contributed by atoms with E-state index in [9.17, 15) is 4.39 Å². The summed E-state index contributed by atoms with van der Waals surface area (Å²) < 4.78 is 18.5. The molecule has 0 fully saturated rings. The largest absolute Gasteiger partial charge is 0.416 e. The maximum absolute atomic E-state index is 13.0. The van der Waals surface area contributed by atoms with E-state index in [0.29, 0.717) is 17.5 Å². The highest BCUT2D eigenvalue weighted by atomic mass is 32.2. The van der Waals surface area contributed by atoms with Gasteiger partial charge in [-0.05, 0) is 24.6 Å². The Morgan fingerprint density at radius 2 is 2.28 bits per heavy atom. The second-order valence-electron chi connectivity index (χ2n) is 4.01. The minimum Gasteiger partial charge on any atom is -0.416 e. The summed E-state index contributed by atoms with van der Waals surface area (Å²) in [6, 6.07) is 6.36. The SMILES string of the molecule is C=C(C)CSc1nnc(Cc2cccc(F)c2)o1. The van der Waals surface area contributed by atoms with E-state index in [1.165, 1.54) is 23.9 Å². The van der Waals surface area contributed by atoms with E-state index in [1.54, 1.807) is 6.07 Å². The molecule has 0 radical (unpaired) electrons. The molecule has 1 aromatic heterocycles. The molecule has 3 nitrogen and oxygen atoms in total. The van der Waals surface area contributed by atoms with Crippen molar-refractivity contribution in [2.75, 3.05) is 5.75 Å². The molecule has 1 aromatic carbocycles. The van der Waals surface area contributed by atoms with Crippen LogP contribution in [0, 0.1) is 5.82 Å². The van der Waals surface area contributed by atoms with E-state index in [2.05, 4.69) is 16.8 Å². The first-order chi connectivity index (χ1) is 8.63. The van der Waals surface area contributed by atoms with Gasteiger partial charge in [-0.25, -0.2) is 4.39 Å². The zero-order chi connectivity index (χ0) is 13.0. The van der Waals surface area contributed by atoms with E-state index in [4.69, 9.17) is 4.42 Å². The predicted molar refractivity (Wildman–Crippen MR) is 69.0 cm³/mol. The molecular formula is C13H13FN2OS. The van der Waals surface area contributed by atoms with Gasteiger partial charge in [0.25, 0.3) is 5.22 Å². The highest BCUT2D eigenvalue weighted by Crippen LogP contribution is 2.19. The summed E-state index contributed by atoms with van der Waals surface area (Å²) in [4.78, 5) is 0. The lowest BCUT2D eigenvalue weighted by molar-refractivity contribution is 0.420. The molecule has 5 heteroatoms. The molecule has 0 aliphatic rings. The van der Waals surface area contributed by atoms with Crippen LogP contribution < -0.4 is 0 Å². The van der Waals surface area contributed by atoms with Gasteiger partial charge in [0, 0.05) is 5.75 Å². The number of halogens is 1. The summed E-state index contributed by atoms with van der Waals surface area (Å²) in [6.07, 6.45) is 0.443. The molecule has 0 N–H and O–H groups in total. The normalized spacial score (nSPS) is 10.6. The zero-order valence-electron chi connectivity index (χ0n) is 10.0. The van der Waals surface area contributed by atoms with E-state index in [-0.39, 0.29) is 5.82 Å². The maximum Gasteiger partial charge on any atom is 0.276 e. The third-order valence-corrected chi connectivity index (χ3v) is 3.18. The van der Waals surface area contributed by atoms with Crippen LogP contribution in [-0.4, -0.2) is 16.0 Å². The topological polar surface area (TPSA) is 38.9 Å². The standard InChI is InChI=1S/C13H13FN2OS/c1-9(2)8-18-13-16-15-12(17-13)7-10-4-3-5-11(14)6-10/h3-6H,1,7-8H2,2H3. The van der Waals surface area contributed by atoms with Crippen molar-refractivity contribution in [3.63, 3.8) is 0 Å². The number of hydrogen-bond donors (Lipinski definition) is 0. The van der Waals surface area contributed by atoms with Gasteiger partial charge in [-0.2, -0.15) is 0 Å². The quantitative estimate of drug-likeness (QED) is 0.612.